The Morgan fingerprint density at radius 3 is 2.32 bits per heavy atom. The maximum Gasteiger partial charge on any atom is 0.258 e. The fraction of sp³-hybridized carbons (Fsp3) is 0.261. The normalized spacial score (nSPS) is 10.9. The van der Waals surface area contributed by atoms with Gasteiger partial charge in [0.05, 0.1) is 39.0 Å². The van der Waals surface area contributed by atoms with Crippen LogP contribution in [0.4, 0.5) is 0 Å². The Kier molecular flexibility index (Phi) is 5.62. The lowest BCUT2D eigenvalue weighted by Crippen LogP contribution is -1.99. The van der Waals surface area contributed by atoms with E-state index in [1.165, 1.54) is 0 Å². The van der Waals surface area contributed by atoms with Gasteiger partial charge in [0, 0.05) is 10.9 Å². The minimum absolute atomic E-state index is 0.307. The molecule has 0 aliphatic heterocycles. The molecule has 8 heteroatoms. The molecule has 31 heavy (non-hydrogen) atoms. The summed E-state index contributed by atoms with van der Waals surface area (Å²) in [5.74, 6) is 2.62. The van der Waals surface area contributed by atoms with Gasteiger partial charge in [-0.3, -0.25) is 0 Å². The molecule has 8 nitrogen and oxygen atoms in total. The lowest BCUT2D eigenvalue weighted by atomic mass is 10.1. The van der Waals surface area contributed by atoms with Crippen LogP contribution in [0.3, 0.4) is 0 Å². The summed E-state index contributed by atoms with van der Waals surface area (Å²) in [5.41, 5.74) is 3.23. The quantitative estimate of drug-likeness (QED) is 0.425. The van der Waals surface area contributed by atoms with Gasteiger partial charge in [-0.15, -0.1) is 0 Å². The largest absolute Gasteiger partial charge is 0.493 e. The molecule has 4 rings (SSSR count). The van der Waals surface area contributed by atoms with E-state index in [0.717, 1.165) is 16.5 Å². The summed E-state index contributed by atoms with van der Waals surface area (Å²) in [6.07, 6.45) is 0. The van der Waals surface area contributed by atoms with Crippen LogP contribution in [0.1, 0.15) is 12.5 Å². The zero-order valence-electron chi connectivity index (χ0n) is 18.1. The van der Waals surface area contributed by atoms with Crippen molar-refractivity contribution >= 4 is 10.9 Å². The number of rotatable bonds is 7. The van der Waals surface area contributed by atoms with Crippen LogP contribution in [0, 0.1) is 6.92 Å². The van der Waals surface area contributed by atoms with E-state index in [9.17, 15) is 0 Å². The summed E-state index contributed by atoms with van der Waals surface area (Å²) >= 11 is 0. The Bertz CT molecular complexity index is 1210. The lowest BCUT2D eigenvalue weighted by molar-refractivity contribution is 0.324. The molecule has 0 amide bonds. The number of pyridine rings is 1. The molecule has 0 bridgehead atoms. The topological polar surface area (TPSA) is 88.7 Å². The van der Waals surface area contributed by atoms with Crippen molar-refractivity contribution in [3.8, 4) is 46.0 Å². The van der Waals surface area contributed by atoms with Gasteiger partial charge >= 0.3 is 0 Å². The summed E-state index contributed by atoms with van der Waals surface area (Å²) in [5, 5.41) is 5.14. The molecule has 4 aromatic rings. The number of hydrogen-bond acceptors (Lipinski definition) is 8. The van der Waals surface area contributed by atoms with Crippen molar-refractivity contribution in [1.82, 2.24) is 15.1 Å². The zero-order valence-corrected chi connectivity index (χ0v) is 18.1. The van der Waals surface area contributed by atoms with E-state index in [1.54, 1.807) is 33.5 Å². The molecule has 2 heterocycles. The van der Waals surface area contributed by atoms with Crippen molar-refractivity contribution in [3.05, 3.63) is 42.0 Å². The molecule has 0 aliphatic carbocycles. The predicted octanol–water partition coefficient (Wildman–Crippen LogP) is 4.68. The fourth-order valence-electron chi connectivity index (χ4n) is 3.39. The van der Waals surface area contributed by atoms with Gasteiger partial charge in [-0.1, -0.05) is 23.4 Å². The van der Waals surface area contributed by atoms with Crippen LogP contribution < -0.4 is 18.9 Å². The maximum absolute atomic E-state index is 5.78. The van der Waals surface area contributed by atoms with E-state index >= 15 is 0 Å². The number of methoxy groups -OCH3 is 3. The third-order valence-corrected chi connectivity index (χ3v) is 4.87. The summed E-state index contributed by atoms with van der Waals surface area (Å²) < 4.78 is 27.5. The first-order valence-electron chi connectivity index (χ1n) is 9.77. The molecule has 0 saturated heterocycles. The number of aromatic nitrogens is 3. The predicted molar refractivity (Wildman–Crippen MR) is 116 cm³/mol. The molecule has 0 unspecified atom stereocenters. The summed E-state index contributed by atoms with van der Waals surface area (Å²) in [7, 11) is 4.66. The lowest BCUT2D eigenvalue weighted by Gasteiger charge is -2.12. The molecule has 160 valence electrons. The Labute approximate surface area is 179 Å². The van der Waals surface area contributed by atoms with Crippen molar-refractivity contribution in [2.75, 3.05) is 27.9 Å². The van der Waals surface area contributed by atoms with E-state index in [0.29, 0.717) is 52.6 Å². The highest BCUT2D eigenvalue weighted by Gasteiger charge is 2.20. The van der Waals surface area contributed by atoms with E-state index in [2.05, 4.69) is 10.1 Å². The number of benzene rings is 2. The molecule has 0 atom stereocenters. The summed E-state index contributed by atoms with van der Waals surface area (Å²) in [4.78, 5) is 9.28. The number of hydrogen-bond donors (Lipinski definition) is 0. The van der Waals surface area contributed by atoms with Gasteiger partial charge < -0.3 is 23.5 Å². The number of fused-ring (bicyclic) bond motifs is 1. The highest BCUT2D eigenvalue weighted by Crippen LogP contribution is 2.41. The summed E-state index contributed by atoms with van der Waals surface area (Å²) in [6.45, 7) is 4.39. The van der Waals surface area contributed by atoms with E-state index in [4.69, 9.17) is 28.5 Å². The Hall–Kier alpha value is -3.81. The SMILES string of the molecule is CCOc1nc2c(C)cccc2cc1-c1noc(-c2cc(OC)c(OC)c(OC)c2)n1. The van der Waals surface area contributed by atoms with Gasteiger partial charge in [-0.25, -0.2) is 4.98 Å². The van der Waals surface area contributed by atoms with Crippen molar-refractivity contribution in [3.63, 3.8) is 0 Å². The molecule has 0 aliphatic rings. The zero-order chi connectivity index (χ0) is 22.0. The molecule has 0 saturated carbocycles. The van der Waals surface area contributed by atoms with Crippen molar-refractivity contribution in [1.29, 1.82) is 0 Å². The van der Waals surface area contributed by atoms with Gasteiger partial charge in [0.25, 0.3) is 5.89 Å². The highest BCUT2D eigenvalue weighted by atomic mass is 16.5. The molecular weight excluding hydrogens is 398 g/mol. The van der Waals surface area contributed by atoms with Crippen LogP contribution in [0.15, 0.2) is 40.9 Å². The maximum atomic E-state index is 5.78. The van der Waals surface area contributed by atoms with Gasteiger partial charge in [0.15, 0.2) is 11.5 Å². The smallest absolute Gasteiger partial charge is 0.258 e. The minimum Gasteiger partial charge on any atom is -0.493 e. The van der Waals surface area contributed by atoms with Crippen LogP contribution in [-0.2, 0) is 0 Å². The second-order valence-electron chi connectivity index (χ2n) is 6.76. The Balaban J connectivity index is 1.82. The average molecular weight is 421 g/mol. The molecule has 0 fully saturated rings. The van der Waals surface area contributed by atoms with Gasteiger partial charge in [-0.05, 0) is 37.6 Å². The summed E-state index contributed by atoms with van der Waals surface area (Å²) in [6, 6.07) is 11.5. The van der Waals surface area contributed by atoms with Crippen LogP contribution >= 0.6 is 0 Å². The Morgan fingerprint density at radius 1 is 0.935 bits per heavy atom. The van der Waals surface area contributed by atoms with Crippen molar-refractivity contribution in [2.24, 2.45) is 0 Å². The minimum atomic E-state index is 0.307. The van der Waals surface area contributed by atoms with Crippen molar-refractivity contribution < 1.29 is 23.5 Å². The van der Waals surface area contributed by atoms with Gasteiger partial charge in [0.2, 0.25) is 17.5 Å². The second-order valence-corrected chi connectivity index (χ2v) is 6.76. The third kappa shape index (κ3) is 3.72. The number of nitrogens with zero attached hydrogens (tertiary/aromatic N) is 3. The van der Waals surface area contributed by atoms with Gasteiger partial charge in [-0.2, -0.15) is 4.98 Å². The monoisotopic (exact) mass is 421 g/mol. The van der Waals surface area contributed by atoms with Crippen LogP contribution in [-0.4, -0.2) is 43.1 Å². The molecule has 0 spiro atoms. The Morgan fingerprint density at radius 2 is 1.68 bits per heavy atom. The average Bonchev–Trinajstić information content (AvgIpc) is 3.28. The number of aryl methyl sites for hydroxylation is 1. The fourth-order valence-corrected chi connectivity index (χ4v) is 3.39. The first-order valence-corrected chi connectivity index (χ1v) is 9.77. The molecule has 2 aromatic carbocycles. The molecular formula is C23H23N3O5. The van der Waals surface area contributed by atoms with E-state index in [1.807, 2.05) is 38.1 Å². The molecule has 0 N–H and O–H groups in total. The third-order valence-electron chi connectivity index (χ3n) is 4.87. The van der Waals surface area contributed by atoms with Gasteiger partial charge in [0.1, 0.15) is 0 Å². The number of ether oxygens (including phenoxy) is 4. The molecule has 2 aromatic heterocycles. The first-order chi connectivity index (χ1) is 15.1. The van der Waals surface area contributed by atoms with E-state index < -0.39 is 0 Å². The standard InChI is InChI=1S/C23H23N3O5/c1-6-30-23-16(10-14-9-7-8-13(2)19(14)24-23)21-25-22(31-26-21)15-11-17(27-3)20(29-5)18(12-15)28-4/h7-12H,6H2,1-5H3. The van der Waals surface area contributed by atoms with Crippen LogP contribution in [0.25, 0.3) is 33.7 Å². The van der Waals surface area contributed by atoms with E-state index in [-0.39, 0.29) is 0 Å². The highest BCUT2D eigenvalue weighted by molar-refractivity contribution is 5.87. The molecule has 0 radical (unpaired) electrons. The van der Waals surface area contributed by atoms with Crippen molar-refractivity contribution in [2.45, 2.75) is 13.8 Å². The first kappa shape index (κ1) is 20.5. The number of para-hydroxylation sites is 1. The van der Waals surface area contributed by atoms with Crippen LogP contribution in [0.2, 0.25) is 0 Å². The second kappa shape index (κ2) is 8.51. The van der Waals surface area contributed by atoms with Crippen LogP contribution in [0.5, 0.6) is 23.1 Å².